The predicted octanol–water partition coefficient (Wildman–Crippen LogP) is 4.57. The van der Waals surface area contributed by atoms with Crippen molar-refractivity contribution in [3.05, 3.63) is 35.4 Å². The number of halogens is 3. The van der Waals surface area contributed by atoms with E-state index in [9.17, 15) is 4.57 Å². The molecule has 0 aliphatic carbocycles. The van der Waals surface area contributed by atoms with Gasteiger partial charge in [-0.2, -0.15) is 4.76 Å². The molecule has 6 heteroatoms. The maximum absolute atomic E-state index is 10.9. The van der Waals surface area contributed by atoms with Crippen LogP contribution in [0.2, 0.25) is 0 Å². The molecule has 1 aromatic carbocycles. The first-order valence-electron chi connectivity index (χ1n) is 3.70. The van der Waals surface area contributed by atoms with E-state index in [2.05, 4.69) is 4.76 Å². The third-order valence-corrected chi connectivity index (χ3v) is 2.80. The van der Waals surface area contributed by atoms with Crippen molar-refractivity contribution in [3.8, 4) is 0 Å². The summed E-state index contributed by atoms with van der Waals surface area (Å²) in [5.41, 5.74) is 1.73. The van der Waals surface area contributed by atoms with Crippen molar-refractivity contribution < 1.29 is 4.57 Å². The second-order valence-electron chi connectivity index (χ2n) is 2.69. The summed E-state index contributed by atoms with van der Waals surface area (Å²) in [5, 5.41) is 0.0540. The highest BCUT2D eigenvalue weighted by Crippen LogP contribution is 2.58. The van der Waals surface area contributed by atoms with E-state index in [-0.39, 0.29) is 5.17 Å². The van der Waals surface area contributed by atoms with E-state index in [4.69, 9.17) is 34.1 Å². The normalized spacial score (nSPS) is 13.0. The van der Waals surface area contributed by atoms with Crippen LogP contribution in [0.3, 0.4) is 0 Å². The summed E-state index contributed by atoms with van der Waals surface area (Å²) in [6, 6.07) is 7.23. The molecular formula is C8H7Cl3NOP. The maximum atomic E-state index is 10.9. The van der Waals surface area contributed by atoms with Gasteiger partial charge in [0.15, 0.2) is 0 Å². The van der Waals surface area contributed by atoms with Crippen LogP contribution >= 0.6 is 40.1 Å². The number of nitrogens with zero attached hydrogens (tertiary/aromatic N) is 1. The molecule has 0 saturated carbocycles. The SMILES string of the molecule is Cc1ccc(C(Cl)=NP(=O)(Cl)Cl)cc1. The molecule has 1 rings (SSSR count). The molecule has 0 unspecified atom stereocenters. The van der Waals surface area contributed by atoms with E-state index in [1.165, 1.54) is 0 Å². The van der Waals surface area contributed by atoms with Gasteiger partial charge in [-0.1, -0.05) is 41.4 Å². The van der Waals surface area contributed by atoms with Crippen LogP contribution in [0.4, 0.5) is 0 Å². The zero-order valence-electron chi connectivity index (χ0n) is 7.25. The maximum Gasteiger partial charge on any atom is 0.365 e. The monoisotopic (exact) mass is 269 g/mol. The van der Waals surface area contributed by atoms with Gasteiger partial charge in [0.2, 0.25) is 0 Å². The number of hydrogen-bond acceptors (Lipinski definition) is 1. The van der Waals surface area contributed by atoms with Gasteiger partial charge in [0.05, 0.1) is 0 Å². The van der Waals surface area contributed by atoms with Gasteiger partial charge in [-0.15, -0.1) is 0 Å². The standard InChI is InChI=1S/C8H7Cl3NOP/c1-6-2-4-7(5-3-6)8(9)12-14(10,11)13/h2-5H,1H3. The van der Waals surface area contributed by atoms with E-state index in [0.717, 1.165) is 5.56 Å². The Hall–Kier alpha value is -0.0100. The third kappa shape index (κ3) is 4.02. The highest BCUT2D eigenvalue weighted by atomic mass is 35.9. The molecule has 0 aliphatic rings. The largest absolute Gasteiger partial charge is 0.365 e. The molecule has 0 saturated heterocycles. The van der Waals surface area contributed by atoms with Crippen LogP contribution in [0.25, 0.3) is 0 Å². The molecule has 14 heavy (non-hydrogen) atoms. The molecular weight excluding hydrogens is 263 g/mol. The molecule has 0 N–H and O–H groups in total. The number of hydrogen-bond donors (Lipinski definition) is 0. The van der Waals surface area contributed by atoms with Crippen molar-refractivity contribution in [1.29, 1.82) is 0 Å². The quantitative estimate of drug-likeness (QED) is 0.572. The number of benzene rings is 1. The van der Waals surface area contributed by atoms with E-state index >= 15 is 0 Å². The van der Waals surface area contributed by atoms with Crippen molar-refractivity contribution in [2.75, 3.05) is 0 Å². The number of rotatable bonds is 2. The van der Waals surface area contributed by atoms with Gasteiger partial charge in [0.1, 0.15) is 5.17 Å². The first-order valence-corrected chi connectivity index (χ1v) is 7.55. The Kier molecular flexibility index (Phi) is 4.03. The molecule has 2 nitrogen and oxygen atoms in total. The van der Waals surface area contributed by atoms with Crippen LogP contribution in [0.5, 0.6) is 0 Å². The Morgan fingerprint density at radius 2 is 1.79 bits per heavy atom. The molecule has 0 bridgehead atoms. The second-order valence-corrected chi connectivity index (χ2v) is 7.39. The Labute approximate surface area is 96.9 Å². The van der Waals surface area contributed by atoms with Gasteiger partial charge < -0.3 is 0 Å². The van der Waals surface area contributed by atoms with Gasteiger partial charge in [-0.3, -0.25) is 4.57 Å². The fourth-order valence-corrected chi connectivity index (χ4v) is 2.30. The van der Waals surface area contributed by atoms with Crippen molar-refractivity contribution in [2.45, 2.75) is 6.92 Å². The minimum Gasteiger partial charge on any atom is -0.262 e. The first kappa shape index (κ1) is 12.1. The molecule has 0 aliphatic heterocycles. The van der Waals surface area contributed by atoms with Crippen LogP contribution in [0, 0.1) is 6.92 Å². The van der Waals surface area contributed by atoms with Crippen LogP contribution < -0.4 is 0 Å². The Balaban J connectivity index is 3.01. The summed E-state index contributed by atoms with van der Waals surface area (Å²) in [6.45, 7) is 1.95. The predicted molar refractivity (Wildman–Crippen MR) is 62.9 cm³/mol. The first-order chi connectivity index (χ1) is 6.38. The molecule has 0 heterocycles. The van der Waals surface area contributed by atoms with Gasteiger partial charge >= 0.3 is 6.00 Å². The average Bonchev–Trinajstić information content (AvgIpc) is 2.02. The van der Waals surface area contributed by atoms with Gasteiger partial charge in [-0.25, -0.2) is 0 Å². The zero-order chi connectivity index (χ0) is 10.8. The molecule has 1 aromatic rings. The summed E-state index contributed by atoms with van der Waals surface area (Å²) in [6.07, 6.45) is 0. The van der Waals surface area contributed by atoms with Crippen molar-refractivity contribution in [1.82, 2.24) is 0 Å². The van der Waals surface area contributed by atoms with Crippen LogP contribution in [0.1, 0.15) is 11.1 Å². The Morgan fingerprint density at radius 1 is 1.29 bits per heavy atom. The molecule has 0 amide bonds. The summed E-state index contributed by atoms with van der Waals surface area (Å²) in [4.78, 5) is 0. The van der Waals surface area contributed by atoms with Gasteiger partial charge in [0, 0.05) is 5.56 Å². The lowest BCUT2D eigenvalue weighted by atomic mass is 10.2. The van der Waals surface area contributed by atoms with E-state index in [1.807, 2.05) is 19.1 Å². The molecule has 0 radical (unpaired) electrons. The lowest BCUT2D eigenvalue weighted by Gasteiger charge is -1.99. The third-order valence-electron chi connectivity index (χ3n) is 1.49. The minimum absolute atomic E-state index is 0.0540. The van der Waals surface area contributed by atoms with E-state index < -0.39 is 6.00 Å². The van der Waals surface area contributed by atoms with Crippen LogP contribution in [-0.4, -0.2) is 5.17 Å². The smallest absolute Gasteiger partial charge is 0.262 e. The lowest BCUT2D eigenvalue weighted by molar-refractivity contribution is 0.593. The highest BCUT2D eigenvalue weighted by molar-refractivity contribution is 8.07. The van der Waals surface area contributed by atoms with Crippen LogP contribution in [0.15, 0.2) is 29.0 Å². The second kappa shape index (κ2) is 4.67. The Morgan fingerprint density at radius 3 is 2.21 bits per heavy atom. The van der Waals surface area contributed by atoms with E-state index in [0.29, 0.717) is 5.56 Å². The topological polar surface area (TPSA) is 29.4 Å². The Bertz CT molecular complexity index is 396. The average molecular weight is 270 g/mol. The molecule has 0 aromatic heterocycles. The molecule has 76 valence electrons. The van der Waals surface area contributed by atoms with Crippen LogP contribution in [-0.2, 0) is 4.57 Å². The molecule has 0 atom stereocenters. The summed E-state index contributed by atoms with van der Waals surface area (Å²) in [7, 11) is 0. The van der Waals surface area contributed by atoms with E-state index in [1.54, 1.807) is 12.1 Å². The highest BCUT2D eigenvalue weighted by Gasteiger charge is 2.12. The fourth-order valence-electron chi connectivity index (χ4n) is 0.851. The van der Waals surface area contributed by atoms with Crippen molar-refractivity contribution in [3.63, 3.8) is 0 Å². The molecule has 0 spiro atoms. The van der Waals surface area contributed by atoms with Crippen molar-refractivity contribution in [2.24, 2.45) is 4.76 Å². The minimum atomic E-state index is -3.50. The zero-order valence-corrected chi connectivity index (χ0v) is 10.4. The fraction of sp³-hybridized carbons (Fsp3) is 0.125. The van der Waals surface area contributed by atoms with Gasteiger partial charge in [0.25, 0.3) is 0 Å². The number of aryl methyl sites for hydroxylation is 1. The summed E-state index contributed by atoms with van der Waals surface area (Å²) >= 11 is 16.3. The summed E-state index contributed by atoms with van der Waals surface area (Å²) < 4.78 is 14.4. The summed E-state index contributed by atoms with van der Waals surface area (Å²) in [5.74, 6) is -3.50. The lowest BCUT2D eigenvalue weighted by Crippen LogP contribution is -1.89. The van der Waals surface area contributed by atoms with Crippen molar-refractivity contribution >= 4 is 45.3 Å². The molecule has 0 fully saturated rings. The van der Waals surface area contributed by atoms with Gasteiger partial charge in [-0.05, 0) is 29.4 Å².